The number of H-pyrrole nitrogens is 2. The van der Waals surface area contributed by atoms with Crippen LogP contribution in [-0.4, -0.2) is 98.7 Å². The van der Waals surface area contributed by atoms with Crippen molar-refractivity contribution in [3.8, 4) is 39.4 Å². The van der Waals surface area contributed by atoms with E-state index in [1.807, 2.05) is 29.3 Å². The van der Waals surface area contributed by atoms with Gasteiger partial charge >= 0.3 is 6.09 Å². The number of aromatic amines is 2. The molecule has 0 saturated carbocycles. The maximum absolute atomic E-state index is 13.7. The van der Waals surface area contributed by atoms with Gasteiger partial charge in [-0.05, 0) is 85.0 Å². The zero-order chi connectivity index (χ0) is 38.4. The SMILES string of the molecule is COC(=O)N[C@H]1COCCCCOc2cc(-c3ccc(-c4cnc([C@@H]5CCCN5C(=O)Cc5ccncc5)[nH]4)cc3)ccc2-c2cnc([nH]2)[C@@H]2CCCN2C1=O. The number of imidazole rings is 2. The van der Waals surface area contributed by atoms with Gasteiger partial charge in [0.1, 0.15) is 23.4 Å². The summed E-state index contributed by atoms with van der Waals surface area (Å²) in [6.07, 6.45) is 11.6. The lowest BCUT2D eigenvalue weighted by Crippen LogP contribution is -2.50. The molecule has 3 amide bonds. The largest absolute Gasteiger partial charge is 0.493 e. The van der Waals surface area contributed by atoms with Crippen molar-refractivity contribution in [3.05, 3.63) is 96.6 Å². The third-order valence-electron chi connectivity index (χ3n) is 10.8. The number of fused-ring (bicyclic) bond motifs is 6. The minimum absolute atomic E-state index is 0.0433. The van der Waals surface area contributed by atoms with Crippen molar-refractivity contribution in [3.63, 3.8) is 0 Å². The summed E-state index contributed by atoms with van der Waals surface area (Å²) < 4.78 is 17.1. The molecule has 0 aliphatic carbocycles. The van der Waals surface area contributed by atoms with Crippen molar-refractivity contribution in [2.75, 3.05) is 40.0 Å². The molecule has 0 spiro atoms. The number of nitrogens with one attached hydrogen (secondary N) is 3. The van der Waals surface area contributed by atoms with Crippen LogP contribution in [0.1, 0.15) is 67.8 Å². The van der Waals surface area contributed by atoms with Gasteiger partial charge in [0, 0.05) is 37.7 Å². The van der Waals surface area contributed by atoms with Crippen LogP contribution in [0, 0.1) is 0 Å². The summed E-state index contributed by atoms with van der Waals surface area (Å²) in [5.41, 5.74) is 6.56. The Balaban J connectivity index is 0.997. The molecule has 0 radical (unpaired) electrons. The van der Waals surface area contributed by atoms with Gasteiger partial charge in [0.05, 0.1) is 62.6 Å². The van der Waals surface area contributed by atoms with Gasteiger partial charge in [0.2, 0.25) is 11.8 Å². The van der Waals surface area contributed by atoms with E-state index >= 15 is 0 Å². The summed E-state index contributed by atoms with van der Waals surface area (Å²) >= 11 is 0. The van der Waals surface area contributed by atoms with Crippen LogP contribution < -0.4 is 10.1 Å². The number of hydrogen-bond acceptors (Lipinski definition) is 9. The van der Waals surface area contributed by atoms with Gasteiger partial charge in [-0.15, -0.1) is 0 Å². The van der Waals surface area contributed by atoms with Crippen LogP contribution in [0.15, 0.2) is 79.4 Å². The summed E-state index contributed by atoms with van der Waals surface area (Å²) in [6, 6.07) is 17.1. The number of amides is 3. The highest BCUT2D eigenvalue weighted by atomic mass is 16.5. The smallest absolute Gasteiger partial charge is 0.407 e. The van der Waals surface area contributed by atoms with Gasteiger partial charge < -0.3 is 39.3 Å². The third kappa shape index (κ3) is 8.01. The predicted octanol–water partition coefficient (Wildman–Crippen LogP) is 6.01. The minimum Gasteiger partial charge on any atom is -0.493 e. The van der Waals surface area contributed by atoms with E-state index in [9.17, 15) is 14.4 Å². The van der Waals surface area contributed by atoms with Gasteiger partial charge in [0.25, 0.3) is 0 Å². The van der Waals surface area contributed by atoms with Crippen LogP contribution in [0.3, 0.4) is 0 Å². The highest BCUT2D eigenvalue weighted by Crippen LogP contribution is 2.38. The van der Waals surface area contributed by atoms with E-state index in [0.29, 0.717) is 38.4 Å². The fourth-order valence-corrected chi connectivity index (χ4v) is 7.89. The second-order valence-electron chi connectivity index (χ2n) is 14.4. The first-order chi connectivity index (χ1) is 27.4. The van der Waals surface area contributed by atoms with E-state index in [1.165, 1.54) is 7.11 Å². The molecule has 5 aromatic rings. The zero-order valence-corrected chi connectivity index (χ0v) is 31.4. The monoisotopic (exact) mass is 758 g/mol. The molecule has 6 heterocycles. The molecule has 3 atom stereocenters. The molecule has 2 aromatic carbocycles. The van der Waals surface area contributed by atoms with E-state index < -0.39 is 12.1 Å². The van der Waals surface area contributed by atoms with Crippen molar-refractivity contribution in [2.24, 2.45) is 0 Å². The average Bonchev–Trinajstić information content (AvgIpc) is 4.07. The molecule has 0 unspecified atom stereocenters. The summed E-state index contributed by atoms with van der Waals surface area (Å²) in [6.45, 7) is 2.20. The van der Waals surface area contributed by atoms with Crippen LogP contribution in [0.4, 0.5) is 4.79 Å². The van der Waals surface area contributed by atoms with Crippen molar-refractivity contribution in [2.45, 2.75) is 63.1 Å². The maximum Gasteiger partial charge on any atom is 0.407 e. The number of carbonyl (C=O) groups excluding carboxylic acids is 3. The molecule has 3 aliphatic rings. The first-order valence-electron chi connectivity index (χ1n) is 19.3. The third-order valence-corrected chi connectivity index (χ3v) is 10.8. The van der Waals surface area contributed by atoms with Gasteiger partial charge in [-0.3, -0.25) is 14.6 Å². The summed E-state index contributed by atoms with van der Waals surface area (Å²) in [5.74, 6) is 2.09. The Morgan fingerprint density at radius 1 is 0.839 bits per heavy atom. The molecule has 290 valence electrons. The maximum atomic E-state index is 13.7. The molecule has 2 bridgehead atoms. The molecule has 3 N–H and O–H groups in total. The second kappa shape index (κ2) is 16.8. The quantitative estimate of drug-likeness (QED) is 0.188. The number of likely N-dealkylation sites (tertiary alicyclic amines) is 1. The van der Waals surface area contributed by atoms with Crippen molar-refractivity contribution >= 4 is 17.9 Å². The number of rotatable bonds is 6. The van der Waals surface area contributed by atoms with Crippen LogP contribution >= 0.6 is 0 Å². The Kier molecular flexibility index (Phi) is 11.1. The zero-order valence-electron chi connectivity index (χ0n) is 31.4. The van der Waals surface area contributed by atoms with Crippen LogP contribution in [-0.2, 0) is 25.5 Å². The number of nitrogens with zero attached hydrogens (tertiary/aromatic N) is 5. The number of ether oxygens (including phenoxy) is 3. The fraction of sp³-hybridized carbons (Fsp3) is 0.381. The number of aromatic nitrogens is 5. The predicted molar refractivity (Wildman–Crippen MR) is 207 cm³/mol. The molecular formula is C42H46N8O6. The summed E-state index contributed by atoms with van der Waals surface area (Å²) in [5, 5.41) is 2.65. The minimum atomic E-state index is -0.865. The van der Waals surface area contributed by atoms with E-state index in [0.717, 1.165) is 89.4 Å². The first kappa shape index (κ1) is 36.9. The number of carbonyl (C=O) groups is 3. The van der Waals surface area contributed by atoms with Crippen LogP contribution in [0.2, 0.25) is 0 Å². The highest BCUT2D eigenvalue weighted by Gasteiger charge is 2.37. The van der Waals surface area contributed by atoms with Gasteiger partial charge in [-0.25, -0.2) is 14.8 Å². The number of hydrogen-bond donors (Lipinski definition) is 3. The van der Waals surface area contributed by atoms with E-state index in [-0.39, 0.29) is 30.5 Å². The Hall–Kier alpha value is -6.02. The van der Waals surface area contributed by atoms with E-state index in [2.05, 4.69) is 56.7 Å². The van der Waals surface area contributed by atoms with Crippen molar-refractivity contribution in [1.29, 1.82) is 0 Å². The molecule has 3 aliphatic heterocycles. The fourth-order valence-electron chi connectivity index (χ4n) is 7.89. The standard InChI is InChI=1S/C42H46N8O6/c1-54-42(53)48-34-26-55-20-2-3-21-56-37-23-30(12-13-31(37)33-25-45-40(47-33)36-7-5-19-50(36)41(34)52)28-8-10-29(11-9-28)32-24-44-39(46-32)35-6-4-18-49(35)38(51)22-27-14-16-43-17-15-27/h8-17,23-25,34-36H,2-7,18-22,26H2,1H3,(H,44,46)(H,45,47)(H,48,53)/t34-,35-,36-/m0/s1. The van der Waals surface area contributed by atoms with Crippen molar-refractivity contribution in [1.82, 2.24) is 40.0 Å². The second-order valence-corrected chi connectivity index (χ2v) is 14.4. The summed E-state index contributed by atoms with van der Waals surface area (Å²) in [4.78, 5) is 63.2. The lowest BCUT2D eigenvalue weighted by Gasteiger charge is -2.28. The lowest BCUT2D eigenvalue weighted by molar-refractivity contribution is -0.136. The van der Waals surface area contributed by atoms with Gasteiger partial charge in [-0.2, -0.15) is 0 Å². The topological polar surface area (TPSA) is 168 Å². The number of methoxy groups -OCH3 is 1. The highest BCUT2D eigenvalue weighted by molar-refractivity contribution is 5.86. The lowest BCUT2D eigenvalue weighted by atomic mass is 10.00. The molecule has 14 nitrogen and oxygen atoms in total. The molecule has 56 heavy (non-hydrogen) atoms. The molecule has 2 saturated heterocycles. The molecule has 8 rings (SSSR count). The molecule has 2 fully saturated rings. The van der Waals surface area contributed by atoms with Crippen molar-refractivity contribution < 1.29 is 28.6 Å². The molecule has 3 aromatic heterocycles. The Morgan fingerprint density at radius 2 is 1.54 bits per heavy atom. The van der Waals surface area contributed by atoms with Gasteiger partial charge in [0.15, 0.2) is 0 Å². The number of pyridine rings is 1. The van der Waals surface area contributed by atoms with Crippen LogP contribution in [0.5, 0.6) is 5.75 Å². The normalized spacial score (nSPS) is 20.2. The Morgan fingerprint density at radius 3 is 2.36 bits per heavy atom. The van der Waals surface area contributed by atoms with E-state index in [4.69, 9.17) is 24.2 Å². The summed E-state index contributed by atoms with van der Waals surface area (Å²) in [7, 11) is 1.27. The first-order valence-corrected chi connectivity index (χ1v) is 19.3. The van der Waals surface area contributed by atoms with Gasteiger partial charge in [-0.1, -0.05) is 30.3 Å². The number of benzene rings is 2. The molecular weight excluding hydrogens is 713 g/mol. The molecule has 14 heteroatoms. The Labute approximate surface area is 325 Å². The Bertz CT molecular complexity index is 2150. The average molecular weight is 759 g/mol. The van der Waals surface area contributed by atoms with Crippen LogP contribution in [0.25, 0.3) is 33.6 Å². The number of alkyl carbamates (subject to hydrolysis) is 1. The van der Waals surface area contributed by atoms with E-state index in [1.54, 1.807) is 23.5 Å².